The second-order valence-electron chi connectivity index (χ2n) is 6.19. The van der Waals surface area contributed by atoms with E-state index in [0.29, 0.717) is 22.3 Å². The smallest absolute Gasteiger partial charge is 0.421 e. The van der Waals surface area contributed by atoms with Crippen LogP contribution in [0.1, 0.15) is 12.0 Å². The average Bonchev–Trinajstić information content (AvgIpc) is 2.56. The minimum atomic E-state index is -4.86. The largest absolute Gasteiger partial charge is 0.467 e. The average molecular weight is 368 g/mol. The number of nitro groups is 1. The number of alkyl halides is 3. The number of methoxy groups -OCH3 is 1. The Morgan fingerprint density at radius 2 is 1.96 bits per heavy atom. The number of likely N-dealkylation sites (N-methyl/N-ethyl adjacent to an activating group) is 1. The number of carbonyl (C=O) groups excluding carboxylic acids is 1. The highest BCUT2D eigenvalue weighted by Gasteiger charge is 2.65. The molecular formula is C17H15F3N2O4. The minimum absolute atomic E-state index is 0.0997. The molecule has 1 aromatic carbocycles. The lowest BCUT2D eigenvalue weighted by Crippen LogP contribution is -2.64. The van der Waals surface area contributed by atoms with Crippen molar-refractivity contribution in [3.05, 3.63) is 57.2 Å². The van der Waals surface area contributed by atoms with Gasteiger partial charge in [-0.3, -0.25) is 15.0 Å². The summed E-state index contributed by atoms with van der Waals surface area (Å²) in [6.45, 7) is -0.165. The molecule has 6 nitrogen and oxygen atoms in total. The molecule has 0 radical (unpaired) electrons. The molecule has 0 fully saturated rings. The maximum Gasteiger partial charge on any atom is 0.421 e. The maximum absolute atomic E-state index is 13.7. The fraction of sp³-hybridized carbons (Fsp3) is 0.353. The van der Waals surface area contributed by atoms with E-state index in [9.17, 15) is 28.1 Å². The summed E-state index contributed by atoms with van der Waals surface area (Å²) in [7, 11) is 2.09. The Morgan fingerprint density at radius 3 is 2.54 bits per heavy atom. The second-order valence-corrected chi connectivity index (χ2v) is 6.19. The third-order valence-corrected chi connectivity index (χ3v) is 4.85. The van der Waals surface area contributed by atoms with Gasteiger partial charge in [0.1, 0.15) is 0 Å². The molecular weight excluding hydrogens is 353 g/mol. The molecule has 0 saturated carbocycles. The van der Waals surface area contributed by atoms with E-state index in [1.165, 1.54) is 19.2 Å². The summed E-state index contributed by atoms with van der Waals surface area (Å²) in [6.07, 6.45) is -3.86. The van der Waals surface area contributed by atoms with Crippen LogP contribution in [0.4, 0.5) is 18.9 Å². The molecule has 0 saturated heterocycles. The molecule has 0 N–H and O–H groups in total. The zero-order chi connectivity index (χ0) is 19.3. The van der Waals surface area contributed by atoms with Crippen LogP contribution in [0.5, 0.6) is 0 Å². The van der Waals surface area contributed by atoms with Gasteiger partial charge in [-0.1, -0.05) is 12.1 Å². The van der Waals surface area contributed by atoms with E-state index in [1.807, 2.05) is 0 Å². The van der Waals surface area contributed by atoms with Crippen molar-refractivity contribution in [1.29, 1.82) is 0 Å². The summed E-state index contributed by atoms with van der Waals surface area (Å²) >= 11 is 0. The molecule has 0 bridgehead atoms. The number of carbonyl (C=O) groups is 1. The van der Waals surface area contributed by atoms with Gasteiger partial charge in [-0.05, 0) is 42.3 Å². The summed E-state index contributed by atoms with van der Waals surface area (Å²) in [5.41, 5.74) is -1.01. The number of benzene rings is 1. The van der Waals surface area contributed by atoms with Gasteiger partial charge in [0.05, 0.1) is 17.6 Å². The lowest BCUT2D eigenvalue weighted by Gasteiger charge is -2.46. The molecule has 138 valence electrons. The second kappa shape index (κ2) is 5.94. The first-order valence-electron chi connectivity index (χ1n) is 7.67. The molecule has 1 aromatic rings. The van der Waals surface area contributed by atoms with Crippen LogP contribution in [0.2, 0.25) is 0 Å². The van der Waals surface area contributed by atoms with Crippen LogP contribution in [-0.4, -0.2) is 48.2 Å². The predicted molar refractivity (Wildman–Crippen MR) is 86.1 cm³/mol. The Bertz CT molecular complexity index is 860. The first-order chi connectivity index (χ1) is 12.1. The quantitative estimate of drug-likeness (QED) is 0.466. The highest BCUT2D eigenvalue weighted by atomic mass is 19.4. The summed E-state index contributed by atoms with van der Waals surface area (Å²) in [6, 6.07) is 6.09. The van der Waals surface area contributed by atoms with Gasteiger partial charge in [-0.15, -0.1) is 0 Å². The standard InChI is InChI=1S/C17H15F3N2O4/c1-21-9-13-10(8-16(21,15(23)26-2)17(18,19)20)7-12(13)11-5-3-4-6-14(11)22(24)25/h3-6,8H,7,9H2,1-2H3. The third kappa shape index (κ3) is 2.42. The number of nitrogens with zero attached hydrogens (tertiary/aromatic N) is 2. The van der Waals surface area contributed by atoms with Crippen molar-refractivity contribution in [1.82, 2.24) is 4.90 Å². The molecule has 1 aliphatic carbocycles. The van der Waals surface area contributed by atoms with E-state index in [2.05, 4.69) is 4.74 Å². The first-order valence-corrected chi connectivity index (χ1v) is 7.67. The molecule has 3 rings (SSSR count). The van der Waals surface area contributed by atoms with E-state index in [-0.39, 0.29) is 18.7 Å². The number of halogens is 3. The van der Waals surface area contributed by atoms with Gasteiger partial charge >= 0.3 is 12.1 Å². The highest BCUT2D eigenvalue weighted by molar-refractivity contribution is 5.91. The zero-order valence-electron chi connectivity index (χ0n) is 14.0. The van der Waals surface area contributed by atoms with Crippen molar-refractivity contribution in [2.45, 2.75) is 18.1 Å². The number of hydrogen-bond acceptors (Lipinski definition) is 5. The van der Waals surface area contributed by atoms with Gasteiger partial charge in [0.25, 0.3) is 5.69 Å². The van der Waals surface area contributed by atoms with Crippen LogP contribution in [0.3, 0.4) is 0 Å². The van der Waals surface area contributed by atoms with Gasteiger partial charge in [0.15, 0.2) is 0 Å². The predicted octanol–water partition coefficient (Wildman–Crippen LogP) is 3.10. The summed E-state index contributed by atoms with van der Waals surface area (Å²) in [5.74, 6) is -1.40. The Hall–Kier alpha value is -2.68. The van der Waals surface area contributed by atoms with Crippen LogP contribution >= 0.6 is 0 Å². The molecule has 0 amide bonds. The zero-order valence-corrected chi connectivity index (χ0v) is 14.0. The molecule has 1 atom stereocenters. The number of hydrogen-bond donors (Lipinski definition) is 0. The lowest BCUT2D eigenvalue weighted by atomic mass is 9.72. The summed E-state index contributed by atoms with van der Waals surface area (Å²) in [5, 5.41) is 11.2. The lowest BCUT2D eigenvalue weighted by molar-refractivity contribution is -0.385. The van der Waals surface area contributed by atoms with Gasteiger partial charge in [0.2, 0.25) is 5.54 Å². The maximum atomic E-state index is 13.7. The van der Waals surface area contributed by atoms with Crippen molar-refractivity contribution in [3.8, 4) is 0 Å². The van der Waals surface area contributed by atoms with Crippen molar-refractivity contribution in [2.24, 2.45) is 0 Å². The minimum Gasteiger partial charge on any atom is -0.467 e. The van der Waals surface area contributed by atoms with E-state index in [0.717, 1.165) is 18.1 Å². The van der Waals surface area contributed by atoms with E-state index >= 15 is 0 Å². The van der Waals surface area contributed by atoms with Crippen LogP contribution in [0, 0.1) is 10.1 Å². The first kappa shape index (κ1) is 18.1. The van der Waals surface area contributed by atoms with Crippen LogP contribution in [0.15, 0.2) is 41.5 Å². The van der Waals surface area contributed by atoms with Crippen LogP contribution < -0.4 is 0 Å². The Labute approximate surface area is 146 Å². The Balaban J connectivity index is 2.12. The molecule has 1 aliphatic heterocycles. The van der Waals surface area contributed by atoms with Crippen LogP contribution in [-0.2, 0) is 9.53 Å². The number of rotatable bonds is 3. The van der Waals surface area contributed by atoms with Gasteiger partial charge < -0.3 is 4.74 Å². The monoisotopic (exact) mass is 368 g/mol. The number of para-hydroxylation sites is 1. The molecule has 26 heavy (non-hydrogen) atoms. The third-order valence-electron chi connectivity index (χ3n) is 4.85. The Kier molecular flexibility index (Phi) is 4.14. The topological polar surface area (TPSA) is 72.7 Å². The van der Waals surface area contributed by atoms with Crippen molar-refractivity contribution in [3.63, 3.8) is 0 Å². The SMILES string of the molecule is COC(=O)C1(C(F)(F)F)C=C2CC(c3ccccc3[N+](=O)[O-])=C2CN1C. The molecule has 1 heterocycles. The fourth-order valence-corrected chi connectivity index (χ4v) is 3.48. The van der Waals surface area contributed by atoms with E-state index in [1.54, 1.807) is 12.1 Å². The molecule has 0 spiro atoms. The number of ether oxygens (including phenoxy) is 1. The summed E-state index contributed by atoms with van der Waals surface area (Å²) in [4.78, 5) is 23.5. The van der Waals surface area contributed by atoms with Gasteiger partial charge in [-0.2, -0.15) is 13.2 Å². The Morgan fingerprint density at radius 1 is 1.31 bits per heavy atom. The number of fused-ring (bicyclic) bond motifs is 1. The molecule has 9 heteroatoms. The fourth-order valence-electron chi connectivity index (χ4n) is 3.48. The van der Waals surface area contributed by atoms with E-state index in [4.69, 9.17) is 0 Å². The molecule has 2 aliphatic rings. The number of esters is 1. The number of allylic oxidation sites excluding steroid dienone is 1. The van der Waals surface area contributed by atoms with Crippen molar-refractivity contribution in [2.75, 3.05) is 20.7 Å². The van der Waals surface area contributed by atoms with Crippen molar-refractivity contribution >= 4 is 17.2 Å². The summed E-state index contributed by atoms with van der Waals surface area (Å²) < 4.78 is 45.5. The number of nitro benzene ring substituents is 1. The molecule has 1 unspecified atom stereocenters. The van der Waals surface area contributed by atoms with Crippen LogP contribution in [0.25, 0.3) is 5.57 Å². The van der Waals surface area contributed by atoms with E-state index < -0.39 is 22.6 Å². The molecule has 0 aromatic heterocycles. The van der Waals surface area contributed by atoms with Gasteiger partial charge in [-0.25, -0.2) is 4.79 Å². The highest BCUT2D eigenvalue weighted by Crippen LogP contribution is 2.51. The van der Waals surface area contributed by atoms with Gasteiger partial charge in [0, 0.05) is 12.6 Å². The van der Waals surface area contributed by atoms with Crippen molar-refractivity contribution < 1.29 is 27.6 Å². The normalized spacial score (nSPS) is 23.0.